The van der Waals surface area contributed by atoms with Gasteiger partial charge in [-0.1, -0.05) is 17.3 Å². The Kier molecular flexibility index (Phi) is 5.15. The van der Waals surface area contributed by atoms with Crippen LogP contribution in [-0.4, -0.2) is 30.2 Å². The second-order valence-electron chi connectivity index (χ2n) is 6.10. The number of aromatic nitrogens is 1. The van der Waals surface area contributed by atoms with E-state index in [0.29, 0.717) is 17.9 Å². The maximum absolute atomic E-state index is 12.6. The van der Waals surface area contributed by atoms with E-state index < -0.39 is 0 Å². The topological polar surface area (TPSA) is 76.4 Å². The van der Waals surface area contributed by atoms with E-state index in [1.54, 1.807) is 6.07 Å². The minimum absolute atomic E-state index is 0.0990. The molecule has 2 N–H and O–H groups in total. The monoisotopic (exact) mass is 329 g/mol. The number of ether oxygens (including phenoxy) is 1. The first-order chi connectivity index (χ1) is 11.6. The molecular weight excluding hydrogens is 306 g/mol. The highest BCUT2D eigenvalue weighted by Crippen LogP contribution is 2.21. The van der Waals surface area contributed by atoms with E-state index in [1.165, 1.54) is 0 Å². The molecule has 24 heavy (non-hydrogen) atoms. The quantitative estimate of drug-likeness (QED) is 0.880. The average molecular weight is 329 g/mol. The normalized spacial score (nSPS) is 17.5. The number of rotatable bonds is 5. The SMILES string of the molecule is Cc1noc(C)c1COc1ccccc1C(=O)NC1CCCNC1. The van der Waals surface area contributed by atoms with Crippen molar-refractivity contribution in [1.29, 1.82) is 0 Å². The van der Waals surface area contributed by atoms with Crippen LogP contribution in [0.2, 0.25) is 0 Å². The molecule has 0 aliphatic carbocycles. The summed E-state index contributed by atoms with van der Waals surface area (Å²) in [6.45, 7) is 5.89. The van der Waals surface area contributed by atoms with Gasteiger partial charge in [-0.05, 0) is 45.4 Å². The molecule has 0 bridgehead atoms. The summed E-state index contributed by atoms with van der Waals surface area (Å²) in [6.07, 6.45) is 2.08. The van der Waals surface area contributed by atoms with Crippen molar-refractivity contribution in [2.24, 2.45) is 0 Å². The minimum atomic E-state index is -0.0990. The Labute approximate surface area is 141 Å². The molecule has 0 saturated carbocycles. The number of hydrogen-bond donors (Lipinski definition) is 2. The van der Waals surface area contributed by atoms with Crippen molar-refractivity contribution in [1.82, 2.24) is 15.8 Å². The Morgan fingerprint density at radius 1 is 1.42 bits per heavy atom. The Balaban J connectivity index is 1.69. The zero-order chi connectivity index (χ0) is 16.9. The highest BCUT2D eigenvalue weighted by atomic mass is 16.5. The molecule has 3 rings (SSSR count). The van der Waals surface area contributed by atoms with E-state index in [1.807, 2.05) is 32.0 Å². The fraction of sp³-hybridized carbons (Fsp3) is 0.444. The van der Waals surface area contributed by atoms with E-state index in [2.05, 4.69) is 15.8 Å². The number of para-hydroxylation sites is 1. The number of carbonyl (C=O) groups is 1. The third kappa shape index (κ3) is 3.76. The molecule has 2 heterocycles. The molecule has 1 unspecified atom stereocenters. The number of nitrogens with zero attached hydrogens (tertiary/aromatic N) is 1. The van der Waals surface area contributed by atoms with Crippen molar-refractivity contribution in [3.05, 3.63) is 46.8 Å². The van der Waals surface area contributed by atoms with Gasteiger partial charge in [0.15, 0.2) is 0 Å². The molecule has 1 fully saturated rings. The van der Waals surface area contributed by atoms with E-state index in [4.69, 9.17) is 9.26 Å². The zero-order valence-electron chi connectivity index (χ0n) is 14.1. The van der Waals surface area contributed by atoms with E-state index >= 15 is 0 Å². The molecule has 1 aromatic heterocycles. The van der Waals surface area contributed by atoms with Crippen molar-refractivity contribution in [2.75, 3.05) is 13.1 Å². The lowest BCUT2D eigenvalue weighted by molar-refractivity contribution is 0.0926. The van der Waals surface area contributed by atoms with Gasteiger partial charge in [-0.25, -0.2) is 0 Å². The van der Waals surface area contributed by atoms with E-state index in [9.17, 15) is 4.79 Å². The minimum Gasteiger partial charge on any atom is -0.488 e. The first-order valence-corrected chi connectivity index (χ1v) is 8.30. The highest BCUT2D eigenvalue weighted by Gasteiger charge is 2.19. The van der Waals surface area contributed by atoms with Gasteiger partial charge in [-0.2, -0.15) is 0 Å². The van der Waals surface area contributed by atoms with Gasteiger partial charge in [0.05, 0.1) is 16.8 Å². The van der Waals surface area contributed by atoms with E-state index in [0.717, 1.165) is 42.9 Å². The van der Waals surface area contributed by atoms with Crippen LogP contribution in [0.15, 0.2) is 28.8 Å². The van der Waals surface area contributed by atoms with Gasteiger partial charge in [-0.15, -0.1) is 0 Å². The summed E-state index contributed by atoms with van der Waals surface area (Å²) in [4.78, 5) is 12.6. The predicted octanol–water partition coefficient (Wildman–Crippen LogP) is 2.35. The number of amides is 1. The molecular formula is C18H23N3O3. The molecule has 1 amide bonds. The Hall–Kier alpha value is -2.34. The second kappa shape index (κ2) is 7.49. The molecule has 1 aliphatic heterocycles. The van der Waals surface area contributed by atoms with Gasteiger partial charge in [-0.3, -0.25) is 4.79 Å². The molecule has 2 aromatic rings. The third-order valence-electron chi connectivity index (χ3n) is 4.32. The average Bonchev–Trinajstić information content (AvgIpc) is 2.92. The zero-order valence-corrected chi connectivity index (χ0v) is 14.1. The fourth-order valence-electron chi connectivity index (χ4n) is 2.88. The summed E-state index contributed by atoms with van der Waals surface area (Å²) in [5.74, 6) is 1.21. The highest BCUT2D eigenvalue weighted by molar-refractivity contribution is 5.97. The predicted molar refractivity (Wildman–Crippen MR) is 90.1 cm³/mol. The van der Waals surface area contributed by atoms with Crippen molar-refractivity contribution in [2.45, 2.75) is 39.3 Å². The number of aryl methyl sites for hydroxylation is 2. The van der Waals surface area contributed by atoms with Crippen LogP contribution in [-0.2, 0) is 6.61 Å². The summed E-state index contributed by atoms with van der Waals surface area (Å²) in [5.41, 5.74) is 2.28. The lowest BCUT2D eigenvalue weighted by Crippen LogP contribution is -2.45. The number of benzene rings is 1. The van der Waals surface area contributed by atoms with Gasteiger partial charge in [0, 0.05) is 12.6 Å². The molecule has 1 aromatic carbocycles. The van der Waals surface area contributed by atoms with Crippen LogP contribution in [0.4, 0.5) is 0 Å². The molecule has 6 heteroatoms. The van der Waals surface area contributed by atoms with Gasteiger partial charge in [0.1, 0.15) is 18.1 Å². The van der Waals surface area contributed by atoms with Gasteiger partial charge < -0.3 is 19.9 Å². The maximum atomic E-state index is 12.6. The van der Waals surface area contributed by atoms with Gasteiger partial charge in [0.25, 0.3) is 5.91 Å². The first-order valence-electron chi connectivity index (χ1n) is 8.30. The summed E-state index contributed by atoms with van der Waals surface area (Å²) in [6, 6.07) is 7.47. The van der Waals surface area contributed by atoms with Gasteiger partial charge in [0.2, 0.25) is 0 Å². The van der Waals surface area contributed by atoms with Crippen LogP contribution in [0.25, 0.3) is 0 Å². The largest absolute Gasteiger partial charge is 0.488 e. The molecule has 1 saturated heterocycles. The summed E-state index contributed by atoms with van der Waals surface area (Å²) in [7, 11) is 0. The van der Waals surface area contributed by atoms with Crippen molar-refractivity contribution in [3.8, 4) is 5.75 Å². The number of hydrogen-bond acceptors (Lipinski definition) is 5. The lowest BCUT2D eigenvalue weighted by Gasteiger charge is -2.24. The molecule has 1 atom stereocenters. The summed E-state index contributed by atoms with van der Waals surface area (Å²) >= 11 is 0. The molecule has 0 radical (unpaired) electrons. The van der Waals surface area contributed by atoms with Gasteiger partial charge >= 0.3 is 0 Å². The molecule has 0 spiro atoms. The van der Waals surface area contributed by atoms with E-state index in [-0.39, 0.29) is 11.9 Å². The second-order valence-corrected chi connectivity index (χ2v) is 6.10. The summed E-state index contributed by atoms with van der Waals surface area (Å²) < 4.78 is 11.0. The van der Waals surface area contributed by atoms with Crippen LogP contribution in [0.1, 0.15) is 40.2 Å². The molecule has 128 valence electrons. The van der Waals surface area contributed by atoms with Crippen molar-refractivity contribution >= 4 is 5.91 Å². The Morgan fingerprint density at radius 2 is 2.25 bits per heavy atom. The number of piperidine rings is 1. The van der Waals surface area contributed by atoms with Crippen LogP contribution >= 0.6 is 0 Å². The number of nitrogens with one attached hydrogen (secondary N) is 2. The first kappa shape index (κ1) is 16.5. The Bertz CT molecular complexity index is 686. The van der Waals surface area contributed by atoms with Crippen LogP contribution in [0.5, 0.6) is 5.75 Å². The smallest absolute Gasteiger partial charge is 0.255 e. The van der Waals surface area contributed by atoms with Crippen molar-refractivity contribution < 1.29 is 14.1 Å². The third-order valence-corrected chi connectivity index (χ3v) is 4.32. The number of carbonyl (C=O) groups excluding carboxylic acids is 1. The van der Waals surface area contributed by atoms with Crippen LogP contribution < -0.4 is 15.4 Å². The fourth-order valence-corrected chi connectivity index (χ4v) is 2.88. The summed E-state index contributed by atoms with van der Waals surface area (Å²) in [5, 5.41) is 10.3. The Morgan fingerprint density at radius 3 is 2.96 bits per heavy atom. The standard InChI is InChI=1S/C18H23N3O3/c1-12-16(13(2)24-21-12)11-23-17-8-4-3-7-15(17)18(22)20-14-6-5-9-19-10-14/h3-4,7-8,14,19H,5-6,9-11H2,1-2H3,(H,20,22). The lowest BCUT2D eigenvalue weighted by atomic mass is 10.1. The van der Waals surface area contributed by atoms with Crippen LogP contribution in [0.3, 0.4) is 0 Å². The maximum Gasteiger partial charge on any atom is 0.255 e. The molecule has 1 aliphatic rings. The van der Waals surface area contributed by atoms with Crippen LogP contribution in [0, 0.1) is 13.8 Å². The van der Waals surface area contributed by atoms with Crippen molar-refractivity contribution in [3.63, 3.8) is 0 Å². The molecule has 6 nitrogen and oxygen atoms in total.